The lowest BCUT2D eigenvalue weighted by Crippen LogP contribution is -2.53. The van der Waals surface area contributed by atoms with Gasteiger partial charge < -0.3 is 19.8 Å². The van der Waals surface area contributed by atoms with Crippen molar-refractivity contribution >= 4 is 11.8 Å². The average molecular weight is 421 g/mol. The van der Waals surface area contributed by atoms with Crippen LogP contribution in [0.4, 0.5) is 9.18 Å². The molecule has 1 saturated carbocycles. The van der Waals surface area contributed by atoms with E-state index in [1.54, 1.807) is 13.0 Å². The molecule has 0 aromatic heterocycles. The minimum Gasteiger partial charge on any atom is -0.497 e. The zero-order valence-electron chi connectivity index (χ0n) is 17.1. The van der Waals surface area contributed by atoms with Gasteiger partial charge in [-0.05, 0) is 36.3 Å². The zero-order chi connectivity index (χ0) is 22.8. The fourth-order valence-electron chi connectivity index (χ4n) is 4.40. The Hall–Kier alpha value is -3.90. The maximum Gasteiger partial charge on any atom is 0.410 e. The summed E-state index contributed by atoms with van der Waals surface area (Å²) in [6.45, 7) is 2.00. The quantitative estimate of drug-likeness (QED) is 0.745. The van der Waals surface area contributed by atoms with Gasteiger partial charge in [0.05, 0.1) is 37.6 Å². The Morgan fingerprint density at radius 3 is 2.65 bits per heavy atom. The van der Waals surface area contributed by atoms with E-state index in [9.17, 15) is 20.6 Å². The number of carbonyl (C=O) groups excluding carboxylic acids is 1. The van der Waals surface area contributed by atoms with Gasteiger partial charge in [0.15, 0.2) is 5.41 Å². The molecule has 0 radical (unpaired) electrons. The number of nitriles is 3. The molecule has 1 fully saturated rings. The van der Waals surface area contributed by atoms with Gasteiger partial charge in [-0.15, -0.1) is 0 Å². The fourth-order valence-corrected chi connectivity index (χ4v) is 4.40. The molecule has 1 amide bonds. The molecule has 1 unspecified atom stereocenters. The van der Waals surface area contributed by atoms with Crippen LogP contribution in [0.2, 0.25) is 0 Å². The zero-order valence-corrected chi connectivity index (χ0v) is 17.1. The van der Waals surface area contributed by atoms with E-state index < -0.39 is 35.1 Å². The highest BCUT2D eigenvalue weighted by Crippen LogP contribution is 2.54. The molecule has 1 heterocycles. The summed E-state index contributed by atoms with van der Waals surface area (Å²) in [4.78, 5) is 13.7. The lowest BCUT2D eigenvalue weighted by molar-refractivity contribution is 0.0990. The molecular weight excluding hydrogens is 401 g/mol. The summed E-state index contributed by atoms with van der Waals surface area (Å²) in [6, 6.07) is 9.76. The predicted molar refractivity (Wildman–Crippen MR) is 106 cm³/mol. The number of carbonyl (C=O) groups is 1. The standard InChI is InChI=1S/C22H20FN5O3/c1-3-31-21(29)28-7-6-14-16(9-24)20(27)22(11-25,12-26)19(17(14)10-28)15-8-13(30-2)4-5-18(15)23/h4-6,8,16-17,19,27H,3,7,10H2,1-2H3/t16?,17-,19+/m0/s1. The molecule has 9 heteroatoms. The maximum atomic E-state index is 15.0. The molecule has 0 saturated heterocycles. The minimum atomic E-state index is -2.09. The first-order valence-corrected chi connectivity index (χ1v) is 9.64. The third-order valence-electron chi connectivity index (χ3n) is 5.85. The third kappa shape index (κ3) is 3.37. The molecule has 158 valence electrons. The molecule has 31 heavy (non-hydrogen) atoms. The number of hydrogen-bond acceptors (Lipinski definition) is 7. The number of fused-ring (bicyclic) bond motifs is 1. The molecule has 1 aromatic rings. The van der Waals surface area contributed by atoms with E-state index in [1.165, 1.54) is 30.2 Å². The molecule has 1 aliphatic heterocycles. The summed E-state index contributed by atoms with van der Waals surface area (Å²) in [5.74, 6) is -3.33. The summed E-state index contributed by atoms with van der Waals surface area (Å²) >= 11 is 0. The molecule has 1 N–H and O–H groups in total. The van der Waals surface area contributed by atoms with Gasteiger partial charge in [-0.1, -0.05) is 6.08 Å². The first kappa shape index (κ1) is 21.8. The van der Waals surface area contributed by atoms with Crippen LogP contribution >= 0.6 is 0 Å². The van der Waals surface area contributed by atoms with Crippen molar-refractivity contribution in [2.75, 3.05) is 26.8 Å². The number of halogens is 1. The molecule has 3 atom stereocenters. The normalized spacial score (nSPS) is 24.0. The highest BCUT2D eigenvalue weighted by molar-refractivity contribution is 6.01. The number of rotatable bonds is 3. The molecule has 1 aliphatic carbocycles. The SMILES string of the molecule is CCOC(=O)N1CC=C2C(C#N)C(=N)C(C#N)(C#N)[C@H](c3cc(OC)ccc3F)[C@H]2C1. The first-order valence-electron chi connectivity index (χ1n) is 9.64. The van der Waals surface area contributed by atoms with Gasteiger partial charge in [-0.2, -0.15) is 15.8 Å². The van der Waals surface area contributed by atoms with Crippen molar-refractivity contribution < 1.29 is 18.7 Å². The second-order valence-corrected chi connectivity index (χ2v) is 7.29. The summed E-state index contributed by atoms with van der Waals surface area (Å²) in [7, 11) is 1.40. The Balaban J connectivity index is 2.25. The number of amides is 1. The summed E-state index contributed by atoms with van der Waals surface area (Å²) < 4.78 is 25.3. The molecule has 2 aliphatic rings. The van der Waals surface area contributed by atoms with Gasteiger partial charge in [0.1, 0.15) is 17.5 Å². The Kier molecular flexibility index (Phi) is 5.95. The van der Waals surface area contributed by atoms with Crippen molar-refractivity contribution in [2.45, 2.75) is 12.8 Å². The van der Waals surface area contributed by atoms with Crippen LogP contribution in [0.5, 0.6) is 5.75 Å². The lowest BCUT2D eigenvalue weighted by Gasteiger charge is -2.47. The van der Waals surface area contributed by atoms with Gasteiger partial charge in [-0.25, -0.2) is 9.18 Å². The molecule has 3 rings (SSSR count). The van der Waals surface area contributed by atoms with Gasteiger partial charge in [0.25, 0.3) is 0 Å². The number of nitrogens with one attached hydrogen (secondary N) is 1. The second kappa shape index (κ2) is 8.45. The minimum absolute atomic E-state index is 0.0164. The predicted octanol–water partition coefficient (Wildman–Crippen LogP) is 3.14. The van der Waals surface area contributed by atoms with E-state index in [-0.39, 0.29) is 31.0 Å². The van der Waals surface area contributed by atoms with Crippen LogP contribution in [-0.2, 0) is 4.74 Å². The Bertz CT molecular complexity index is 1060. The van der Waals surface area contributed by atoms with E-state index in [0.29, 0.717) is 11.3 Å². The van der Waals surface area contributed by atoms with Crippen LogP contribution < -0.4 is 4.74 Å². The molecule has 8 nitrogen and oxygen atoms in total. The maximum absolute atomic E-state index is 15.0. The van der Waals surface area contributed by atoms with E-state index in [2.05, 4.69) is 0 Å². The van der Waals surface area contributed by atoms with Crippen LogP contribution in [0, 0.1) is 62.5 Å². The lowest BCUT2D eigenvalue weighted by atomic mass is 9.54. The van der Waals surface area contributed by atoms with Crippen molar-refractivity contribution in [1.29, 1.82) is 21.2 Å². The van der Waals surface area contributed by atoms with Crippen molar-refractivity contribution in [3.63, 3.8) is 0 Å². The smallest absolute Gasteiger partial charge is 0.410 e. The second-order valence-electron chi connectivity index (χ2n) is 7.29. The van der Waals surface area contributed by atoms with E-state index in [4.69, 9.17) is 14.9 Å². The number of methoxy groups -OCH3 is 1. The number of nitrogens with zero attached hydrogens (tertiary/aromatic N) is 4. The largest absolute Gasteiger partial charge is 0.497 e. The third-order valence-corrected chi connectivity index (χ3v) is 5.85. The van der Waals surface area contributed by atoms with Crippen LogP contribution in [0.1, 0.15) is 18.4 Å². The van der Waals surface area contributed by atoms with Crippen molar-refractivity contribution in [1.82, 2.24) is 4.90 Å². The van der Waals surface area contributed by atoms with Crippen molar-refractivity contribution in [3.05, 3.63) is 41.2 Å². The summed E-state index contributed by atoms with van der Waals surface area (Å²) in [5, 5.41) is 38.3. The van der Waals surface area contributed by atoms with Crippen molar-refractivity contribution in [2.24, 2.45) is 17.3 Å². The Morgan fingerprint density at radius 2 is 2.06 bits per heavy atom. The molecule has 0 spiro atoms. The van der Waals surface area contributed by atoms with Gasteiger partial charge >= 0.3 is 6.09 Å². The Labute approximate surface area is 179 Å². The number of hydrogen-bond donors (Lipinski definition) is 1. The highest BCUT2D eigenvalue weighted by atomic mass is 19.1. The first-order chi connectivity index (χ1) is 14.9. The topological polar surface area (TPSA) is 134 Å². The van der Waals surface area contributed by atoms with Gasteiger partial charge in [0, 0.05) is 24.9 Å². The molecule has 1 aromatic carbocycles. The van der Waals surface area contributed by atoms with Gasteiger partial charge in [0.2, 0.25) is 0 Å². The molecular formula is C22H20FN5O3. The van der Waals surface area contributed by atoms with Gasteiger partial charge in [-0.3, -0.25) is 0 Å². The average Bonchev–Trinajstić information content (AvgIpc) is 2.79. The van der Waals surface area contributed by atoms with Crippen LogP contribution in [0.15, 0.2) is 29.8 Å². The highest BCUT2D eigenvalue weighted by Gasteiger charge is 2.58. The fraction of sp³-hybridized carbons (Fsp3) is 0.409. The van der Waals surface area contributed by atoms with Crippen LogP contribution in [-0.4, -0.2) is 43.5 Å². The molecule has 0 bridgehead atoms. The monoisotopic (exact) mass is 421 g/mol. The summed E-state index contributed by atoms with van der Waals surface area (Å²) in [6.07, 6.45) is 1.05. The van der Waals surface area contributed by atoms with E-state index in [0.717, 1.165) is 0 Å². The van der Waals surface area contributed by atoms with E-state index >= 15 is 4.39 Å². The Morgan fingerprint density at radius 1 is 1.35 bits per heavy atom. The number of ether oxygens (including phenoxy) is 2. The number of benzene rings is 1. The van der Waals surface area contributed by atoms with Crippen LogP contribution in [0.25, 0.3) is 0 Å². The summed E-state index contributed by atoms with van der Waals surface area (Å²) in [5.41, 5.74) is -1.96. The van der Waals surface area contributed by atoms with Crippen LogP contribution in [0.3, 0.4) is 0 Å². The van der Waals surface area contributed by atoms with Crippen molar-refractivity contribution in [3.8, 4) is 24.0 Å². The van der Waals surface area contributed by atoms with E-state index in [1.807, 2.05) is 18.2 Å².